The molecule has 0 bridgehead atoms. The molecule has 0 saturated carbocycles. The number of phenolic OH excluding ortho intramolecular Hbond substituents is 1. The van der Waals surface area contributed by atoms with Gasteiger partial charge in [0.15, 0.2) is 5.78 Å². The van der Waals surface area contributed by atoms with Crippen LogP contribution < -0.4 is 10.9 Å². The van der Waals surface area contributed by atoms with Crippen LogP contribution in [0.3, 0.4) is 0 Å². The van der Waals surface area contributed by atoms with E-state index < -0.39 is 16.4 Å². The summed E-state index contributed by atoms with van der Waals surface area (Å²) >= 11 is 0. The number of carbonyl (C=O) groups excluding carboxylic acids is 1. The third-order valence-corrected chi connectivity index (χ3v) is 5.78. The molecule has 2 aromatic carbocycles. The number of anilines is 1. The Bertz CT molecular complexity index is 1320. The number of non-ortho nitro benzene ring substituents is 1. The molecule has 3 aromatic rings. The molecule has 1 aromatic heterocycles. The maximum Gasteiger partial charge on any atom is 0.277 e. The zero-order valence-corrected chi connectivity index (χ0v) is 16.3. The normalized spacial score (nSPS) is 17.7. The van der Waals surface area contributed by atoms with Gasteiger partial charge < -0.3 is 10.4 Å². The number of nitro groups is 1. The number of para-hydroxylation sites is 1. The third kappa shape index (κ3) is 2.93. The van der Waals surface area contributed by atoms with Crippen molar-refractivity contribution in [3.05, 3.63) is 91.4 Å². The molecule has 0 fully saturated rings. The zero-order valence-electron chi connectivity index (χ0n) is 16.3. The van der Waals surface area contributed by atoms with E-state index in [0.29, 0.717) is 42.0 Å². The molecule has 0 spiro atoms. The van der Waals surface area contributed by atoms with Crippen molar-refractivity contribution < 1.29 is 14.8 Å². The quantitative estimate of drug-likeness (QED) is 0.442. The Balaban J connectivity index is 1.79. The molecule has 2 aliphatic rings. The van der Waals surface area contributed by atoms with E-state index in [1.54, 1.807) is 24.3 Å². The highest BCUT2D eigenvalue weighted by Gasteiger charge is 2.40. The van der Waals surface area contributed by atoms with Crippen LogP contribution in [0.5, 0.6) is 5.75 Å². The molecule has 9 nitrogen and oxygen atoms in total. The Hall–Kier alpha value is -4.14. The number of aromatic hydroxyl groups is 1. The summed E-state index contributed by atoms with van der Waals surface area (Å²) in [5.74, 6) is -0.839. The monoisotopic (exact) mass is 418 g/mol. The second kappa shape index (κ2) is 6.98. The van der Waals surface area contributed by atoms with E-state index in [9.17, 15) is 24.8 Å². The molecule has 156 valence electrons. The number of aromatic amines is 1. The molecule has 1 atom stereocenters. The third-order valence-electron chi connectivity index (χ3n) is 5.78. The smallest absolute Gasteiger partial charge is 0.277 e. The molecule has 1 aliphatic carbocycles. The van der Waals surface area contributed by atoms with E-state index in [0.717, 1.165) is 0 Å². The summed E-state index contributed by atoms with van der Waals surface area (Å²) in [7, 11) is 0. The van der Waals surface area contributed by atoms with Gasteiger partial charge >= 0.3 is 0 Å². The van der Waals surface area contributed by atoms with E-state index in [4.69, 9.17) is 0 Å². The largest absolute Gasteiger partial charge is 0.508 e. The molecule has 0 saturated heterocycles. The van der Waals surface area contributed by atoms with Crippen molar-refractivity contribution in [1.29, 1.82) is 0 Å². The van der Waals surface area contributed by atoms with Gasteiger partial charge in [-0.2, -0.15) is 0 Å². The van der Waals surface area contributed by atoms with Crippen molar-refractivity contribution in [1.82, 2.24) is 9.78 Å². The van der Waals surface area contributed by atoms with E-state index in [-0.39, 0.29) is 28.3 Å². The fourth-order valence-electron chi connectivity index (χ4n) is 4.39. The van der Waals surface area contributed by atoms with Crippen molar-refractivity contribution in [2.24, 2.45) is 0 Å². The second-order valence-electron chi connectivity index (χ2n) is 7.60. The highest BCUT2D eigenvalue weighted by atomic mass is 16.6. The molecule has 0 amide bonds. The maximum atomic E-state index is 13.5. The van der Waals surface area contributed by atoms with Crippen molar-refractivity contribution in [2.75, 3.05) is 5.32 Å². The number of carbonyl (C=O) groups is 1. The molecule has 5 rings (SSSR count). The Morgan fingerprint density at radius 2 is 1.87 bits per heavy atom. The van der Waals surface area contributed by atoms with Gasteiger partial charge in [0, 0.05) is 35.4 Å². The van der Waals surface area contributed by atoms with Crippen LogP contribution in [-0.4, -0.2) is 25.6 Å². The first-order chi connectivity index (χ1) is 15.0. The number of rotatable bonds is 3. The molecular weight excluding hydrogens is 400 g/mol. The van der Waals surface area contributed by atoms with Crippen LogP contribution in [0.1, 0.15) is 36.3 Å². The number of Topliss-reactive ketones (excluding diaryl/α,β-unsaturated/α-hetero) is 1. The molecule has 9 heteroatoms. The first-order valence-corrected chi connectivity index (χ1v) is 9.86. The van der Waals surface area contributed by atoms with Crippen LogP contribution in [0.2, 0.25) is 0 Å². The van der Waals surface area contributed by atoms with Gasteiger partial charge in [0.2, 0.25) is 0 Å². The molecule has 31 heavy (non-hydrogen) atoms. The number of nitrogens with zero attached hydrogens (tertiary/aromatic N) is 2. The number of nitrogens with one attached hydrogen (secondary N) is 2. The van der Waals surface area contributed by atoms with E-state index in [2.05, 4.69) is 10.4 Å². The van der Waals surface area contributed by atoms with Crippen LogP contribution in [0, 0.1) is 10.1 Å². The summed E-state index contributed by atoms with van der Waals surface area (Å²) in [5.41, 5.74) is 1.44. The van der Waals surface area contributed by atoms with Gasteiger partial charge in [-0.3, -0.25) is 24.8 Å². The van der Waals surface area contributed by atoms with E-state index in [1.165, 1.54) is 22.9 Å². The number of nitro benzene ring substituents is 1. The van der Waals surface area contributed by atoms with Crippen LogP contribution in [-0.2, 0) is 4.79 Å². The molecule has 1 unspecified atom stereocenters. The van der Waals surface area contributed by atoms with Gasteiger partial charge in [0.1, 0.15) is 11.6 Å². The fraction of sp³-hybridized carbons (Fsp3) is 0.182. The Labute approximate surface area is 175 Å². The lowest BCUT2D eigenvalue weighted by Crippen LogP contribution is -2.30. The minimum absolute atomic E-state index is 0.137. The van der Waals surface area contributed by atoms with Crippen LogP contribution in [0.4, 0.5) is 11.5 Å². The lowest BCUT2D eigenvalue weighted by molar-refractivity contribution is -0.384. The zero-order chi connectivity index (χ0) is 21.7. The summed E-state index contributed by atoms with van der Waals surface area (Å²) in [6, 6.07) is 12.6. The lowest BCUT2D eigenvalue weighted by atomic mass is 9.76. The average molecular weight is 418 g/mol. The molecule has 3 N–H and O–H groups in total. The number of hydrogen-bond donors (Lipinski definition) is 3. The van der Waals surface area contributed by atoms with E-state index >= 15 is 0 Å². The number of ketones is 1. The van der Waals surface area contributed by atoms with E-state index in [1.807, 2.05) is 6.07 Å². The Morgan fingerprint density at radius 1 is 1.10 bits per heavy atom. The van der Waals surface area contributed by atoms with Crippen molar-refractivity contribution in [3.8, 4) is 11.4 Å². The van der Waals surface area contributed by atoms with Gasteiger partial charge in [-0.25, -0.2) is 4.68 Å². The first kappa shape index (κ1) is 18.9. The Morgan fingerprint density at radius 3 is 2.61 bits per heavy atom. The molecule has 0 radical (unpaired) electrons. The molecule has 1 aliphatic heterocycles. The second-order valence-corrected chi connectivity index (χ2v) is 7.60. The fourth-order valence-corrected chi connectivity index (χ4v) is 4.39. The van der Waals surface area contributed by atoms with Gasteiger partial charge in [-0.1, -0.05) is 18.2 Å². The van der Waals surface area contributed by atoms with Crippen LogP contribution in [0.25, 0.3) is 5.69 Å². The highest BCUT2D eigenvalue weighted by molar-refractivity contribution is 6.01. The summed E-state index contributed by atoms with van der Waals surface area (Å²) in [4.78, 5) is 37.1. The van der Waals surface area contributed by atoms with Crippen molar-refractivity contribution in [3.63, 3.8) is 0 Å². The standard InChI is InChI=1S/C22H18N4O5/c27-16-10-9-13(26(30)31)11-14(16)18-19-15(7-4-8-17(19)28)23-21-20(18)22(29)25(24-21)12-5-2-1-3-6-12/h1-3,5-6,9-11,18,23-24,27H,4,7-8H2. The average Bonchev–Trinajstić information content (AvgIpc) is 3.09. The predicted molar refractivity (Wildman–Crippen MR) is 113 cm³/mol. The van der Waals surface area contributed by atoms with Gasteiger partial charge in [-0.05, 0) is 31.0 Å². The minimum atomic E-state index is -0.910. The topological polar surface area (TPSA) is 130 Å². The summed E-state index contributed by atoms with van der Waals surface area (Å²) in [5, 5.41) is 28.2. The minimum Gasteiger partial charge on any atom is -0.508 e. The maximum absolute atomic E-state index is 13.5. The lowest BCUT2D eigenvalue weighted by Gasteiger charge is -2.31. The van der Waals surface area contributed by atoms with Crippen molar-refractivity contribution in [2.45, 2.75) is 25.2 Å². The predicted octanol–water partition coefficient (Wildman–Crippen LogP) is 3.34. The number of H-pyrrole nitrogens is 1. The number of fused-ring (bicyclic) bond motifs is 1. The van der Waals surface area contributed by atoms with Crippen molar-refractivity contribution >= 4 is 17.3 Å². The number of phenols is 1. The van der Waals surface area contributed by atoms with Gasteiger partial charge in [0.05, 0.1) is 22.1 Å². The number of benzene rings is 2. The number of aromatic nitrogens is 2. The number of allylic oxidation sites excluding steroid dienone is 2. The highest BCUT2D eigenvalue weighted by Crippen LogP contribution is 2.46. The van der Waals surface area contributed by atoms with Gasteiger partial charge in [-0.15, -0.1) is 0 Å². The van der Waals surface area contributed by atoms with Crippen LogP contribution >= 0.6 is 0 Å². The first-order valence-electron chi connectivity index (χ1n) is 9.86. The van der Waals surface area contributed by atoms with Crippen LogP contribution in [0.15, 0.2) is 64.6 Å². The Kier molecular flexibility index (Phi) is 4.25. The van der Waals surface area contributed by atoms with Gasteiger partial charge in [0.25, 0.3) is 11.2 Å². The molecular formula is C22H18N4O5. The molecule has 2 heterocycles. The summed E-state index contributed by atoms with van der Waals surface area (Å²) < 4.78 is 1.36. The summed E-state index contributed by atoms with van der Waals surface area (Å²) in [6.45, 7) is 0. The number of hydrogen-bond acceptors (Lipinski definition) is 6. The summed E-state index contributed by atoms with van der Waals surface area (Å²) in [6.07, 6.45) is 1.59. The SMILES string of the molecule is O=C1CCCC2=C1C(c1cc([N+](=O)[O-])ccc1O)c1c([nH]n(-c3ccccc3)c1=O)N2.